The first-order valence-electron chi connectivity index (χ1n) is 9.95. The summed E-state index contributed by atoms with van der Waals surface area (Å²) in [4.78, 5) is 29.2. The molecule has 1 aliphatic rings. The van der Waals surface area contributed by atoms with Gasteiger partial charge in [-0.2, -0.15) is 0 Å². The molecule has 0 aromatic heterocycles. The number of rotatable bonds is 6. The molecule has 1 fully saturated rings. The van der Waals surface area contributed by atoms with Gasteiger partial charge in [0.1, 0.15) is 6.04 Å². The van der Waals surface area contributed by atoms with Crippen molar-refractivity contribution < 1.29 is 9.59 Å². The number of benzene rings is 2. The van der Waals surface area contributed by atoms with Crippen LogP contribution in [0, 0.1) is 0 Å². The topological polar surface area (TPSA) is 52.7 Å². The van der Waals surface area contributed by atoms with Gasteiger partial charge in [-0.1, -0.05) is 42.5 Å². The zero-order valence-corrected chi connectivity index (χ0v) is 16.7. The number of piperidine rings is 1. The van der Waals surface area contributed by atoms with Gasteiger partial charge in [0, 0.05) is 32.2 Å². The number of carbonyl (C=O) groups excluding carboxylic acids is 2. The first-order chi connectivity index (χ1) is 13.6. The van der Waals surface area contributed by atoms with Gasteiger partial charge >= 0.3 is 0 Å². The fraction of sp³-hybridized carbons (Fsp3) is 0.391. The molecule has 0 aliphatic carbocycles. The number of hydrogen-bond acceptors (Lipinski definition) is 3. The van der Waals surface area contributed by atoms with Gasteiger partial charge in [0.05, 0.1) is 0 Å². The van der Waals surface area contributed by atoms with Crippen molar-refractivity contribution in [2.45, 2.75) is 31.8 Å². The van der Waals surface area contributed by atoms with Crippen LogP contribution in [0.4, 0.5) is 0 Å². The van der Waals surface area contributed by atoms with E-state index in [0.717, 1.165) is 37.1 Å². The first kappa shape index (κ1) is 20.1. The highest BCUT2D eigenvalue weighted by atomic mass is 16.2. The quantitative estimate of drug-likeness (QED) is 0.838. The second-order valence-corrected chi connectivity index (χ2v) is 7.39. The molecule has 1 N–H and O–H groups in total. The van der Waals surface area contributed by atoms with E-state index in [2.05, 4.69) is 10.2 Å². The van der Waals surface area contributed by atoms with Gasteiger partial charge < -0.3 is 10.2 Å². The molecule has 148 valence electrons. The maximum Gasteiger partial charge on any atom is 0.251 e. The summed E-state index contributed by atoms with van der Waals surface area (Å²) in [7, 11) is 3.62. The van der Waals surface area contributed by atoms with E-state index in [1.165, 1.54) is 6.42 Å². The molecule has 3 rings (SSSR count). The van der Waals surface area contributed by atoms with E-state index in [9.17, 15) is 9.59 Å². The number of nitrogens with zero attached hydrogens (tertiary/aromatic N) is 2. The Balaban J connectivity index is 1.79. The molecule has 1 atom stereocenters. The van der Waals surface area contributed by atoms with Gasteiger partial charge in [-0.05, 0) is 49.6 Å². The minimum Gasteiger partial charge on any atom is -0.355 e. The van der Waals surface area contributed by atoms with E-state index >= 15 is 0 Å². The van der Waals surface area contributed by atoms with Crippen LogP contribution in [0.2, 0.25) is 0 Å². The fourth-order valence-electron chi connectivity index (χ4n) is 3.79. The van der Waals surface area contributed by atoms with Gasteiger partial charge in [-0.3, -0.25) is 14.5 Å². The Morgan fingerprint density at radius 3 is 2.25 bits per heavy atom. The molecule has 0 radical (unpaired) electrons. The molecule has 2 amide bonds. The molecule has 0 bridgehead atoms. The standard InChI is InChI=1S/C23H29N3O2/c1-24-22(27)20-13-11-18(12-14-20)17-25(2)21(19-9-5-3-6-10-19)23(28)26-15-7-4-8-16-26/h3,5-6,9-14,21H,4,7-8,15-17H2,1-2H3,(H,24,27)/t21-/m1/s1. The molecule has 0 saturated carbocycles. The Hall–Kier alpha value is -2.66. The van der Waals surface area contributed by atoms with Crippen LogP contribution >= 0.6 is 0 Å². The second kappa shape index (κ2) is 9.51. The van der Waals surface area contributed by atoms with Crippen LogP contribution in [0.1, 0.15) is 46.8 Å². The molecule has 28 heavy (non-hydrogen) atoms. The lowest BCUT2D eigenvalue weighted by molar-refractivity contribution is -0.138. The number of carbonyl (C=O) groups is 2. The summed E-state index contributed by atoms with van der Waals surface area (Å²) < 4.78 is 0. The van der Waals surface area contributed by atoms with Crippen molar-refractivity contribution in [3.8, 4) is 0 Å². The summed E-state index contributed by atoms with van der Waals surface area (Å²) in [6.45, 7) is 2.32. The zero-order chi connectivity index (χ0) is 19.9. The van der Waals surface area contributed by atoms with Crippen molar-refractivity contribution >= 4 is 11.8 Å². The van der Waals surface area contributed by atoms with Crippen LogP contribution in [0.5, 0.6) is 0 Å². The Kier molecular flexibility index (Phi) is 6.82. The zero-order valence-electron chi connectivity index (χ0n) is 16.7. The number of likely N-dealkylation sites (N-methyl/N-ethyl adjacent to an activating group) is 1. The lowest BCUT2D eigenvalue weighted by atomic mass is 10.0. The predicted octanol–water partition coefficient (Wildman–Crippen LogP) is 3.23. The van der Waals surface area contributed by atoms with Crippen LogP contribution in [-0.4, -0.2) is 48.8 Å². The summed E-state index contributed by atoms with van der Waals surface area (Å²) >= 11 is 0. The van der Waals surface area contributed by atoms with Gasteiger partial charge in [0.25, 0.3) is 5.91 Å². The SMILES string of the molecule is CNC(=O)c1ccc(CN(C)[C@@H](C(=O)N2CCCCC2)c2ccccc2)cc1. The summed E-state index contributed by atoms with van der Waals surface area (Å²) in [5.41, 5.74) is 2.72. The highest BCUT2D eigenvalue weighted by Gasteiger charge is 2.30. The smallest absolute Gasteiger partial charge is 0.251 e. The van der Waals surface area contributed by atoms with Crippen LogP contribution in [0.25, 0.3) is 0 Å². The van der Waals surface area contributed by atoms with E-state index in [-0.39, 0.29) is 17.9 Å². The van der Waals surface area contributed by atoms with Gasteiger partial charge in [0.2, 0.25) is 5.91 Å². The second-order valence-electron chi connectivity index (χ2n) is 7.39. The maximum atomic E-state index is 13.3. The number of nitrogens with one attached hydrogen (secondary N) is 1. The van der Waals surface area contributed by atoms with Gasteiger partial charge in [-0.15, -0.1) is 0 Å². The van der Waals surface area contributed by atoms with Gasteiger partial charge in [0.15, 0.2) is 0 Å². The summed E-state index contributed by atoms with van der Waals surface area (Å²) in [5.74, 6) is 0.0812. The van der Waals surface area contributed by atoms with Crippen molar-refractivity contribution in [1.29, 1.82) is 0 Å². The Labute approximate surface area is 167 Å². The maximum absolute atomic E-state index is 13.3. The summed E-state index contributed by atoms with van der Waals surface area (Å²) in [6, 6.07) is 17.2. The summed E-state index contributed by atoms with van der Waals surface area (Å²) in [5, 5.41) is 2.63. The Morgan fingerprint density at radius 1 is 1.00 bits per heavy atom. The molecular weight excluding hydrogens is 350 g/mol. The van der Waals surface area contributed by atoms with Crippen molar-refractivity contribution in [2.75, 3.05) is 27.2 Å². The Bertz CT molecular complexity index is 783. The van der Waals surface area contributed by atoms with E-state index < -0.39 is 0 Å². The molecule has 2 aromatic rings. The minimum absolute atomic E-state index is 0.0951. The number of amides is 2. The number of likely N-dealkylation sites (tertiary alicyclic amines) is 1. The molecule has 1 aliphatic heterocycles. The fourth-order valence-corrected chi connectivity index (χ4v) is 3.79. The van der Waals surface area contributed by atoms with Crippen LogP contribution in [0.15, 0.2) is 54.6 Å². The van der Waals surface area contributed by atoms with Crippen molar-refractivity contribution in [2.24, 2.45) is 0 Å². The molecular formula is C23H29N3O2. The largest absolute Gasteiger partial charge is 0.355 e. The summed E-state index contributed by atoms with van der Waals surface area (Å²) in [6.07, 6.45) is 3.36. The van der Waals surface area contributed by atoms with Crippen LogP contribution in [0.3, 0.4) is 0 Å². The van der Waals surface area contributed by atoms with E-state index in [4.69, 9.17) is 0 Å². The lowest BCUT2D eigenvalue weighted by Crippen LogP contribution is -2.43. The average Bonchev–Trinajstić information content (AvgIpc) is 2.75. The van der Waals surface area contributed by atoms with Crippen molar-refractivity contribution in [3.63, 3.8) is 0 Å². The lowest BCUT2D eigenvalue weighted by Gasteiger charge is -2.34. The normalized spacial score (nSPS) is 15.3. The van der Waals surface area contributed by atoms with Crippen molar-refractivity contribution in [3.05, 3.63) is 71.3 Å². The minimum atomic E-state index is -0.307. The third-order valence-electron chi connectivity index (χ3n) is 5.33. The monoisotopic (exact) mass is 379 g/mol. The molecule has 0 spiro atoms. The van der Waals surface area contributed by atoms with Gasteiger partial charge in [-0.25, -0.2) is 0 Å². The van der Waals surface area contributed by atoms with E-state index in [1.807, 2.05) is 66.5 Å². The highest BCUT2D eigenvalue weighted by Crippen LogP contribution is 2.25. The van der Waals surface area contributed by atoms with Crippen molar-refractivity contribution in [1.82, 2.24) is 15.1 Å². The third-order valence-corrected chi connectivity index (χ3v) is 5.33. The Morgan fingerprint density at radius 2 is 1.64 bits per heavy atom. The van der Waals surface area contributed by atoms with E-state index in [0.29, 0.717) is 12.1 Å². The molecule has 5 heteroatoms. The average molecular weight is 380 g/mol. The predicted molar refractivity (Wildman–Crippen MR) is 111 cm³/mol. The third kappa shape index (κ3) is 4.78. The van der Waals surface area contributed by atoms with E-state index in [1.54, 1.807) is 7.05 Å². The molecule has 0 unspecified atom stereocenters. The first-order valence-corrected chi connectivity index (χ1v) is 9.95. The molecule has 1 heterocycles. The number of hydrogen-bond donors (Lipinski definition) is 1. The van der Waals surface area contributed by atoms with Crippen LogP contribution in [-0.2, 0) is 11.3 Å². The van der Waals surface area contributed by atoms with Crippen LogP contribution < -0.4 is 5.32 Å². The highest BCUT2D eigenvalue weighted by molar-refractivity contribution is 5.93. The molecule has 5 nitrogen and oxygen atoms in total. The molecule has 1 saturated heterocycles. The molecule has 2 aromatic carbocycles.